The third-order valence-corrected chi connectivity index (χ3v) is 2.58. The molecule has 0 saturated carbocycles. The van der Waals surface area contributed by atoms with Crippen molar-refractivity contribution < 1.29 is 14.3 Å². The summed E-state index contributed by atoms with van der Waals surface area (Å²) in [4.78, 5) is 22.4. The lowest BCUT2D eigenvalue weighted by atomic mass is 10.1. The Hall–Kier alpha value is -1.36. The highest BCUT2D eigenvalue weighted by atomic mass is 79.9. The normalized spacial score (nSPS) is 9.80. The van der Waals surface area contributed by atoms with E-state index in [1.165, 1.54) is 26.2 Å². The molecule has 1 rings (SSSR count). The van der Waals surface area contributed by atoms with Gasteiger partial charge in [0.2, 0.25) is 0 Å². The lowest BCUT2D eigenvalue weighted by Crippen LogP contribution is -2.07. The SMILES string of the molecule is COC(=O)c1cc(N)c(C(C)=O)cc1Br. The van der Waals surface area contributed by atoms with Gasteiger partial charge in [-0.05, 0) is 35.0 Å². The lowest BCUT2D eigenvalue weighted by molar-refractivity contribution is 0.0599. The van der Waals surface area contributed by atoms with E-state index in [0.29, 0.717) is 15.6 Å². The lowest BCUT2D eigenvalue weighted by Gasteiger charge is -2.07. The van der Waals surface area contributed by atoms with Crippen molar-refractivity contribution >= 4 is 33.4 Å². The molecule has 0 atom stereocenters. The maximum absolute atomic E-state index is 11.3. The Morgan fingerprint density at radius 3 is 2.40 bits per heavy atom. The molecule has 0 aliphatic rings. The molecule has 0 radical (unpaired) electrons. The molecule has 0 spiro atoms. The van der Waals surface area contributed by atoms with Crippen LogP contribution in [-0.2, 0) is 4.74 Å². The number of benzene rings is 1. The van der Waals surface area contributed by atoms with Gasteiger partial charge in [-0.25, -0.2) is 4.79 Å². The molecule has 5 heteroatoms. The van der Waals surface area contributed by atoms with Crippen molar-refractivity contribution in [1.29, 1.82) is 0 Å². The first-order valence-electron chi connectivity index (χ1n) is 4.15. The molecule has 0 fully saturated rings. The van der Waals surface area contributed by atoms with Crippen LogP contribution < -0.4 is 5.73 Å². The Balaban J connectivity index is 3.31. The van der Waals surface area contributed by atoms with Crippen molar-refractivity contribution in [2.75, 3.05) is 12.8 Å². The van der Waals surface area contributed by atoms with Crippen LogP contribution in [0, 0.1) is 0 Å². The highest BCUT2D eigenvalue weighted by Crippen LogP contribution is 2.24. The Kier molecular flexibility index (Phi) is 3.47. The molecule has 0 unspecified atom stereocenters. The smallest absolute Gasteiger partial charge is 0.339 e. The first-order valence-corrected chi connectivity index (χ1v) is 4.95. The number of nitrogens with two attached hydrogens (primary N) is 1. The van der Waals surface area contributed by atoms with E-state index in [0.717, 1.165) is 0 Å². The van der Waals surface area contributed by atoms with Crippen molar-refractivity contribution in [3.05, 3.63) is 27.7 Å². The Labute approximate surface area is 95.5 Å². The van der Waals surface area contributed by atoms with Crippen LogP contribution in [0.2, 0.25) is 0 Å². The second kappa shape index (κ2) is 4.44. The number of anilines is 1. The van der Waals surface area contributed by atoms with E-state index in [-0.39, 0.29) is 11.5 Å². The molecule has 0 aromatic heterocycles. The number of nitrogen functional groups attached to an aromatic ring is 1. The summed E-state index contributed by atoms with van der Waals surface area (Å²) in [5.41, 5.74) is 6.59. The van der Waals surface area contributed by atoms with Gasteiger partial charge in [0.1, 0.15) is 0 Å². The highest BCUT2D eigenvalue weighted by molar-refractivity contribution is 9.10. The standard InChI is InChI=1S/C10H10BrNO3/c1-5(13)6-3-8(11)7(4-9(6)12)10(14)15-2/h3-4H,12H2,1-2H3. The van der Waals surface area contributed by atoms with E-state index in [2.05, 4.69) is 20.7 Å². The molecule has 80 valence electrons. The van der Waals surface area contributed by atoms with Crippen LogP contribution in [0.5, 0.6) is 0 Å². The number of carbonyl (C=O) groups is 2. The molecule has 0 bridgehead atoms. The van der Waals surface area contributed by atoms with E-state index in [1.807, 2.05) is 0 Å². The number of hydrogen-bond acceptors (Lipinski definition) is 4. The number of ketones is 1. The second-order valence-electron chi connectivity index (χ2n) is 2.97. The number of rotatable bonds is 2. The average molecular weight is 272 g/mol. The zero-order valence-electron chi connectivity index (χ0n) is 8.33. The fraction of sp³-hybridized carbons (Fsp3) is 0.200. The summed E-state index contributed by atoms with van der Waals surface area (Å²) in [5.74, 6) is -0.645. The topological polar surface area (TPSA) is 69.4 Å². The maximum atomic E-state index is 11.3. The molecule has 1 aromatic carbocycles. The number of methoxy groups -OCH3 is 1. The van der Waals surface area contributed by atoms with E-state index in [1.54, 1.807) is 0 Å². The van der Waals surface area contributed by atoms with E-state index in [9.17, 15) is 9.59 Å². The van der Waals surface area contributed by atoms with Gasteiger partial charge in [-0.1, -0.05) is 0 Å². The molecule has 1 aromatic rings. The third kappa shape index (κ3) is 2.36. The van der Waals surface area contributed by atoms with Gasteiger partial charge in [-0.2, -0.15) is 0 Å². The number of hydrogen-bond donors (Lipinski definition) is 1. The first kappa shape index (κ1) is 11.7. The van der Waals surface area contributed by atoms with Gasteiger partial charge in [0.25, 0.3) is 0 Å². The molecule has 0 aliphatic carbocycles. The van der Waals surface area contributed by atoms with Crippen LogP contribution in [0.15, 0.2) is 16.6 Å². The van der Waals surface area contributed by atoms with Gasteiger partial charge in [0, 0.05) is 15.7 Å². The minimum Gasteiger partial charge on any atom is -0.465 e. The summed E-state index contributed by atoms with van der Waals surface area (Å²) in [6, 6.07) is 2.94. The largest absolute Gasteiger partial charge is 0.465 e. The first-order chi connectivity index (χ1) is 6.97. The van der Waals surface area contributed by atoms with Gasteiger partial charge >= 0.3 is 5.97 Å². The van der Waals surface area contributed by atoms with Gasteiger partial charge < -0.3 is 10.5 Å². The van der Waals surface area contributed by atoms with Gasteiger partial charge in [0.05, 0.1) is 12.7 Å². The van der Waals surface area contributed by atoms with Crippen molar-refractivity contribution in [1.82, 2.24) is 0 Å². The second-order valence-corrected chi connectivity index (χ2v) is 3.82. The van der Waals surface area contributed by atoms with Crippen molar-refractivity contribution in [2.24, 2.45) is 0 Å². The molecule has 0 aliphatic heterocycles. The molecular formula is C10H10BrNO3. The van der Waals surface area contributed by atoms with Crippen molar-refractivity contribution in [3.63, 3.8) is 0 Å². The third-order valence-electron chi connectivity index (χ3n) is 1.92. The van der Waals surface area contributed by atoms with Crippen LogP contribution in [0.1, 0.15) is 27.6 Å². The summed E-state index contributed by atoms with van der Waals surface area (Å²) in [5, 5.41) is 0. The van der Waals surface area contributed by atoms with Crippen molar-refractivity contribution in [2.45, 2.75) is 6.92 Å². The zero-order chi connectivity index (χ0) is 11.6. The Morgan fingerprint density at radius 1 is 1.33 bits per heavy atom. The van der Waals surface area contributed by atoms with Crippen LogP contribution in [0.25, 0.3) is 0 Å². The average Bonchev–Trinajstić information content (AvgIpc) is 2.19. The summed E-state index contributed by atoms with van der Waals surface area (Å²) in [6.07, 6.45) is 0. The van der Waals surface area contributed by atoms with Gasteiger partial charge in [-0.15, -0.1) is 0 Å². The fourth-order valence-electron chi connectivity index (χ4n) is 1.16. The molecule has 4 nitrogen and oxygen atoms in total. The molecule has 2 N–H and O–H groups in total. The van der Waals surface area contributed by atoms with E-state index < -0.39 is 5.97 Å². The van der Waals surface area contributed by atoms with Crippen LogP contribution in [-0.4, -0.2) is 18.9 Å². The summed E-state index contributed by atoms with van der Waals surface area (Å²) in [7, 11) is 1.28. The Morgan fingerprint density at radius 2 is 1.93 bits per heavy atom. The minimum atomic E-state index is -0.497. The predicted molar refractivity (Wildman–Crippen MR) is 59.9 cm³/mol. The van der Waals surface area contributed by atoms with Gasteiger partial charge in [-0.3, -0.25) is 4.79 Å². The number of carbonyl (C=O) groups excluding carboxylic acids is 2. The number of esters is 1. The summed E-state index contributed by atoms with van der Waals surface area (Å²) >= 11 is 3.18. The number of Topliss-reactive ketones (excluding diaryl/α,β-unsaturated/α-hetero) is 1. The quantitative estimate of drug-likeness (QED) is 0.508. The summed E-state index contributed by atoms with van der Waals surface area (Å²) < 4.78 is 5.06. The minimum absolute atomic E-state index is 0.149. The monoisotopic (exact) mass is 271 g/mol. The number of ether oxygens (including phenoxy) is 1. The highest BCUT2D eigenvalue weighted by Gasteiger charge is 2.15. The molecule has 0 saturated heterocycles. The van der Waals surface area contributed by atoms with Crippen LogP contribution in [0.3, 0.4) is 0 Å². The molecular weight excluding hydrogens is 262 g/mol. The van der Waals surface area contributed by atoms with Crippen molar-refractivity contribution in [3.8, 4) is 0 Å². The van der Waals surface area contributed by atoms with Gasteiger partial charge in [0.15, 0.2) is 5.78 Å². The van der Waals surface area contributed by atoms with E-state index >= 15 is 0 Å². The van der Waals surface area contributed by atoms with Crippen LogP contribution >= 0.6 is 15.9 Å². The fourth-order valence-corrected chi connectivity index (χ4v) is 1.67. The molecule has 0 heterocycles. The number of halogens is 1. The maximum Gasteiger partial charge on any atom is 0.339 e. The molecule has 15 heavy (non-hydrogen) atoms. The van der Waals surface area contributed by atoms with Crippen LogP contribution in [0.4, 0.5) is 5.69 Å². The predicted octanol–water partition coefficient (Wildman–Crippen LogP) is 2.02. The zero-order valence-corrected chi connectivity index (χ0v) is 9.92. The molecule has 0 amide bonds. The van der Waals surface area contributed by atoms with E-state index in [4.69, 9.17) is 5.73 Å². The summed E-state index contributed by atoms with van der Waals surface area (Å²) in [6.45, 7) is 1.41. The Bertz CT molecular complexity index is 429.